The van der Waals surface area contributed by atoms with Gasteiger partial charge in [0, 0.05) is 49.5 Å². The number of piperidine rings is 1. The van der Waals surface area contributed by atoms with Gasteiger partial charge in [-0.05, 0) is 61.2 Å². The first-order valence-electron chi connectivity index (χ1n) is 15.9. The van der Waals surface area contributed by atoms with E-state index in [-0.39, 0.29) is 18.1 Å². The van der Waals surface area contributed by atoms with Crippen LogP contribution in [0.2, 0.25) is 5.02 Å². The number of hydrogen-bond acceptors (Lipinski definition) is 8. The van der Waals surface area contributed by atoms with Crippen molar-refractivity contribution in [3.63, 3.8) is 0 Å². The summed E-state index contributed by atoms with van der Waals surface area (Å²) in [5.41, 5.74) is 11.2. The summed E-state index contributed by atoms with van der Waals surface area (Å²) in [6, 6.07) is 17.5. The van der Waals surface area contributed by atoms with E-state index in [1.807, 2.05) is 80.8 Å². The molecule has 0 bridgehead atoms. The molecule has 4 heterocycles. The molecular weight excluding hydrogens is 650 g/mol. The molecule has 5 aromatic rings. The highest BCUT2D eigenvalue weighted by atomic mass is 35.5. The Labute approximate surface area is 288 Å². The van der Waals surface area contributed by atoms with Crippen molar-refractivity contribution in [2.75, 3.05) is 19.7 Å². The number of benzene rings is 2. The summed E-state index contributed by atoms with van der Waals surface area (Å²) in [7, 11) is 0. The predicted octanol–water partition coefficient (Wildman–Crippen LogP) is 7.99. The highest BCUT2D eigenvalue weighted by Gasteiger charge is 2.27. The van der Waals surface area contributed by atoms with E-state index in [1.54, 1.807) is 23.5 Å². The number of nitrogens with zero attached hydrogens (tertiary/aromatic N) is 4. The summed E-state index contributed by atoms with van der Waals surface area (Å²) in [4.78, 5) is 35.8. The van der Waals surface area contributed by atoms with Gasteiger partial charge in [0.25, 0.3) is 5.91 Å². The fourth-order valence-corrected chi connectivity index (χ4v) is 6.94. The Hall–Kier alpha value is -4.61. The molecule has 1 fully saturated rings. The molecule has 250 valence electrons. The van der Waals surface area contributed by atoms with Crippen molar-refractivity contribution in [3.8, 4) is 27.6 Å². The van der Waals surface area contributed by atoms with Crippen molar-refractivity contribution in [1.82, 2.24) is 19.4 Å². The Bertz CT molecular complexity index is 1950. The molecule has 6 rings (SSSR count). The normalized spacial score (nSPS) is 14.3. The zero-order valence-corrected chi connectivity index (χ0v) is 28.9. The molecule has 2 N–H and O–H groups in total. The van der Waals surface area contributed by atoms with Crippen LogP contribution in [-0.2, 0) is 4.74 Å². The molecule has 1 aliphatic rings. The summed E-state index contributed by atoms with van der Waals surface area (Å²) in [5.74, 6) is 0.599. The maximum atomic E-state index is 12.5. The molecule has 12 heteroatoms. The average molecular weight is 688 g/mol. The number of rotatable bonds is 10. The minimum atomic E-state index is -0.587. The molecular formula is C36H38ClN5O5S. The van der Waals surface area contributed by atoms with Crippen LogP contribution in [0.3, 0.4) is 0 Å². The topological polar surface area (TPSA) is 122 Å². The molecule has 2 aromatic carbocycles. The van der Waals surface area contributed by atoms with Crippen molar-refractivity contribution < 1.29 is 23.8 Å². The standard InChI is InChI=1S/C36H38ClN5O5S/c1-21(2)19-45-36(44)41-14-11-26(12-15-41)47-30-7-5-6-27(33(30)37)23(4)46-31-18-32(48-34(31)35(38)43)42-20-40-28-17-24(8-9-29(28)42)25-10-13-39-22(3)16-25/h5-10,13,16-18,20-21,23,26H,11-12,14-15,19H2,1-4H3,(H2,38,43)/t23-/m1/s1. The highest BCUT2D eigenvalue weighted by Crippen LogP contribution is 2.39. The largest absolute Gasteiger partial charge is 0.489 e. The van der Waals surface area contributed by atoms with Crippen LogP contribution in [0.1, 0.15) is 60.6 Å². The lowest BCUT2D eigenvalue weighted by atomic mass is 10.1. The number of carbonyl (C=O) groups excluding carboxylic acids is 2. The first-order valence-corrected chi connectivity index (χ1v) is 17.1. The lowest BCUT2D eigenvalue weighted by molar-refractivity contribution is 0.0617. The first-order chi connectivity index (χ1) is 23.1. The molecule has 0 unspecified atom stereocenters. The molecule has 2 amide bonds. The third-order valence-electron chi connectivity index (χ3n) is 8.19. The number of nitrogens with two attached hydrogens (primary N) is 1. The van der Waals surface area contributed by atoms with E-state index in [2.05, 4.69) is 9.97 Å². The van der Waals surface area contributed by atoms with Gasteiger partial charge >= 0.3 is 6.09 Å². The van der Waals surface area contributed by atoms with Crippen molar-refractivity contribution >= 4 is 46.0 Å². The number of imidazole rings is 1. The Kier molecular flexibility index (Phi) is 9.88. The third-order valence-corrected chi connectivity index (χ3v) is 9.73. The summed E-state index contributed by atoms with van der Waals surface area (Å²) < 4.78 is 19.9. The fraction of sp³-hybridized carbons (Fsp3) is 0.333. The molecule has 48 heavy (non-hydrogen) atoms. The molecule has 0 aliphatic carbocycles. The number of ether oxygens (including phenoxy) is 3. The summed E-state index contributed by atoms with van der Waals surface area (Å²) in [5, 5.41) is 1.17. The SMILES string of the molecule is Cc1cc(-c2ccc3c(c2)ncn3-c2cc(O[C@H](C)c3cccc(OC4CCN(C(=O)OCC(C)C)CC4)c3Cl)c(C(N)=O)s2)ccn1. The lowest BCUT2D eigenvalue weighted by Crippen LogP contribution is -2.42. The van der Waals surface area contributed by atoms with Gasteiger partial charge in [0.1, 0.15) is 39.9 Å². The smallest absolute Gasteiger partial charge is 0.409 e. The number of pyridine rings is 1. The second-order valence-electron chi connectivity index (χ2n) is 12.3. The number of aryl methyl sites for hydroxylation is 1. The monoisotopic (exact) mass is 687 g/mol. The number of aromatic nitrogens is 3. The van der Waals surface area contributed by atoms with E-state index in [4.69, 9.17) is 31.5 Å². The molecule has 1 atom stereocenters. The minimum Gasteiger partial charge on any atom is -0.489 e. The average Bonchev–Trinajstić information content (AvgIpc) is 3.69. The van der Waals surface area contributed by atoms with Gasteiger partial charge in [-0.15, -0.1) is 11.3 Å². The van der Waals surface area contributed by atoms with Gasteiger partial charge < -0.3 is 24.8 Å². The van der Waals surface area contributed by atoms with Crippen molar-refractivity contribution in [2.45, 2.75) is 52.7 Å². The van der Waals surface area contributed by atoms with Crippen LogP contribution < -0.4 is 15.2 Å². The maximum Gasteiger partial charge on any atom is 0.409 e. The van der Waals surface area contributed by atoms with Crippen LogP contribution in [0, 0.1) is 12.8 Å². The molecule has 10 nitrogen and oxygen atoms in total. The van der Waals surface area contributed by atoms with Gasteiger partial charge in [-0.3, -0.25) is 14.3 Å². The Morgan fingerprint density at radius 2 is 1.79 bits per heavy atom. The first kappa shape index (κ1) is 33.3. The van der Waals surface area contributed by atoms with Crippen LogP contribution in [0.5, 0.6) is 11.5 Å². The maximum absolute atomic E-state index is 12.5. The summed E-state index contributed by atoms with van der Waals surface area (Å²) in [6.45, 7) is 9.34. The minimum absolute atomic E-state index is 0.0982. The van der Waals surface area contributed by atoms with Crippen LogP contribution in [0.4, 0.5) is 4.79 Å². The van der Waals surface area contributed by atoms with Crippen molar-refractivity contribution in [3.05, 3.63) is 88.3 Å². The number of amides is 2. The predicted molar refractivity (Wildman–Crippen MR) is 187 cm³/mol. The number of thiophene rings is 1. The van der Waals surface area contributed by atoms with E-state index in [0.717, 1.165) is 32.9 Å². The Morgan fingerprint density at radius 3 is 2.52 bits per heavy atom. The molecule has 0 radical (unpaired) electrons. The third kappa shape index (κ3) is 7.27. The van der Waals surface area contributed by atoms with Crippen molar-refractivity contribution in [2.24, 2.45) is 11.7 Å². The number of primary amides is 1. The van der Waals surface area contributed by atoms with Gasteiger partial charge in [0.2, 0.25) is 0 Å². The van der Waals surface area contributed by atoms with Crippen LogP contribution in [0.25, 0.3) is 27.2 Å². The van der Waals surface area contributed by atoms with E-state index < -0.39 is 12.0 Å². The van der Waals surface area contributed by atoms with Crippen molar-refractivity contribution in [1.29, 1.82) is 0 Å². The van der Waals surface area contributed by atoms with Crippen LogP contribution >= 0.6 is 22.9 Å². The molecule has 1 saturated heterocycles. The lowest BCUT2D eigenvalue weighted by Gasteiger charge is -2.32. The number of hydrogen-bond donors (Lipinski definition) is 1. The number of fused-ring (bicyclic) bond motifs is 1. The van der Waals surface area contributed by atoms with Crippen LogP contribution in [-0.4, -0.2) is 57.2 Å². The van der Waals surface area contributed by atoms with E-state index in [9.17, 15) is 9.59 Å². The summed E-state index contributed by atoms with van der Waals surface area (Å²) in [6.07, 6.45) is 3.94. The number of likely N-dealkylation sites (tertiary alicyclic amines) is 1. The van der Waals surface area contributed by atoms with Gasteiger partial charge in [-0.25, -0.2) is 9.78 Å². The molecule has 1 aliphatic heterocycles. The van der Waals surface area contributed by atoms with Crippen LogP contribution in [0.15, 0.2) is 67.1 Å². The second kappa shape index (κ2) is 14.2. The molecule has 3 aromatic heterocycles. The van der Waals surface area contributed by atoms with E-state index >= 15 is 0 Å². The Morgan fingerprint density at radius 1 is 1.02 bits per heavy atom. The Balaban J connectivity index is 1.16. The quantitative estimate of drug-likeness (QED) is 0.158. The van der Waals surface area contributed by atoms with E-state index in [1.165, 1.54) is 11.3 Å². The fourth-order valence-electron chi connectivity index (χ4n) is 5.68. The zero-order valence-electron chi connectivity index (χ0n) is 27.3. The highest BCUT2D eigenvalue weighted by molar-refractivity contribution is 7.16. The molecule has 0 saturated carbocycles. The van der Waals surface area contributed by atoms with Gasteiger partial charge in [0.05, 0.1) is 22.7 Å². The second-order valence-corrected chi connectivity index (χ2v) is 13.7. The molecule has 0 spiro atoms. The van der Waals surface area contributed by atoms with Gasteiger partial charge in [-0.1, -0.05) is 43.6 Å². The van der Waals surface area contributed by atoms with Gasteiger partial charge in [-0.2, -0.15) is 0 Å². The number of halogens is 1. The van der Waals surface area contributed by atoms with E-state index in [0.29, 0.717) is 59.5 Å². The summed E-state index contributed by atoms with van der Waals surface area (Å²) >= 11 is 8.10. The zero-order chi connectivity index (χ0) is 33.9. The number of carbonyl (C=O) groups is 2. The van der Waals surface area contributed by atoms with Gasteiger partial charge in [0.15, 0.2) is 0 Å².